The van der Waals surface area contributed by atoms with Gasteiger partial charge >= 0.3 is 0 Å². The quantitative estimate of drug-likeness (QED) is 0.676. The van der Waals surface area contributed by atoms with E-state index in [0.717, 1.165) is 29.7 Å². The molecule has 1 amide bonds. The van der Waals surface area contributed by atoms with Crippen LogP contribution in [-0.2, 0) is 0 Å². The Bertz CT molecular complexity index is 995. The lowest BCUT2D eigenvalue weighted by Crippen LogP contribution is -2.31. The molecule has 6 heteroatoms. The molecular weight excluding hydrogens is 354 g/mol. The van der Waals surface area contributed by atoms with Crippen LogP contribution in [0, 0.1) is 13.8 Å². The summed E-state index contributed by atoms with van der Waals surface area (Å²) in [6.45, 7) is 4.63. The van der Waals surface area contributed by atoms with E-state index >= 15 is 0 Å². The monoisotopic (exact) mass is 377 g/mol. The highest BCUT2D eigenvalue weighted by Crippen LogP contribution is 2.34. The van der Waals surface area contributed by atoms with Crippen LogP contribution < -0.4 is 4.74 Å². The number of ether oxygens (including phenoxy) is 1. The number of methoxy groups -OCH3 is 1. The van der Waals surface area contributed by atoms with E-state index in [-0.39, 0.29) is 11.9 Å². The Morgan fingerprint density at radius 2 is 1.96 bits per heavy atom. The number of benzene rings is 2. The summed E-state index contributed by atoms with van der Waals surface area (Å²) in [6, 6.07) is 13.3. The van der Waals surface area contributed by atoms with Gasteiger partial charge in [0.15, 0.2) is 0 Å². The molecule has 1 saturated heterocycles. The van der Waals surface area contributed by atoms with E-state index in [4.69, 9.17) is 9.26 Å². The first-order valence-electron chi connectivity index (χ1n) is 9.43. The molecule has 1 aromatic heterocycles. The maximum absolute atomic E-state index is 13.2. The number of carbonyl (C=O) groups excluding carboxylic acids is 1. The number of hydrogen-bond donors (Lipinski definition) is 0. The summed E-state index contributed by atoms with van der Waals surface area (Å²) in [5.74, 6) is 1.77. The number of carbonyl (C=O) groups is 1. The van der Waals surface area contributed by atoms with Crippen LogP contribution in [0.1, 0.15) is 46.3 Å². The molecule has 4 rings (SSSR count). The molecule has 0 N–H and O–H groups in total. The van der Waals surface area contributed by atoms with Crippen LogP contribution in [0.25, 0.3) is 11.4 Å². The van der Waals surface area contributed by atoms with Crippen LogP contribution in [0.2, 0.25) is 0 Å². The Morgan fingerprint density at radius 1 is 1.18 bits per heavy atom. The fourth-order valence-corrected chi connectivity index (χ4v) is 3.61. The normalized spacial score (nSPS) is 16.4. The zero-order valence-corrected chi connectivity index (χ0v) is 16.3. The van der Waals surface area contributed by atoms with Crippen molar-refractivity contribution in [1.82, 2.24) is 15.0 Å². The summed E-state index contributed by atoms with van der Waals surface area (Å²) in [5, 5.41) is 4.13. The van der Waals surface area contributed by atoms with Crippen LogP contribution in [0.3, 0.4) is 0 Å². The minimum Gasteiger partial charge on any atom is -0.497 e. The number of amides is 1. The molecule has 1 aliphatic rings. The molecule has 1 fully saturated rings. The first kappa shape index (κ1) is 18.2. The molecule has 3 aromatic rings. The Labute approximate surface area is 164 Å². The van der Waals surface area contributed by atoms with E-state index in [1.165, 1.54) is 5.56 Å². The maximum atomic E-state index is 13.2. The Balaban J connectivity index is 1.58. The van der Waals surface area contributed by atoms with Gasteiger partial charge < -0.3 is 14.2 Å². The van der Waals surface area contributed by atoms with E-state index in [1.807, 2.05) is 61.2 Å². The highest BCUT2D eigenvalue weighted by Gasteiger charge is 2.35. The zero-order chi connectivity index (χ0) is 19.7. The number of hydrogen-bond acceptors (Lipinski definition) is 5. The fourth-order valence-electron chi connectivity index (χ4n) is 3.61. The van der Waals surface area contributed by atoms with Gasteiger partial charge in [-0.05, 0) is 50.5 Å². The lowest BCUT2D eigenvalue weighted by Gasteiger charge is -2.23. The first-order chi connectivity index (χ1) is 13.6. The molecular formula is C22H23N3O3. The van der Waals surface area contributed by atoms with Crippen molar-refractivity contribution in [2.24, 2.45) is 0 Å². The average Bonchev–Trinajstić information content (AvgIpc) is 3.37. The van der Waals surface area contributed by atoms with Crippen LogP contribution in [0.15, 0.2) is 47.0 Å². The molecule has 6 nitrogen and oxygen atoms in total. The minimum absolute atomic E-state index is 0.0160. The molecule has 0 aliphatic carbocycles. The van der Waals surface area contributed by atoms with E-state index in [1.54, 1.807) is 7.11 Å². The second-order valence-corrected chi connectivity index (χ2v) is 7.16. The summed E-state index contributed by atoms with van der Waals surface area (Å²) in [7, 11) is 1.62. The van der Waals surface area contributed by atoms with Crippen molar-refractivity contribution in [2.45, 2.75) is 32.7 Å². The zero-order valence-electron chi connectivity index (χ0n) is 16.3. The van der Waals surface area contributed by atoms with Gasteiger partial charge in [0.1, 0.15) is 11.8 Å². The molecule has 0 spiro atoms. The van der Waals surface area contributed by atoms with Crippen LogP contribution >= 0.6 is 0 Å². The molecule has 0 radical (unpaired) electrons. The summed E-state index contributed by atoms with van der Waals surface area (Å²) in [4.78, 5) is 19.6. The van der Waals surface area contributed by atoms with Gasteiger partial charge in [-0.15, -0.1) is 0 Å². The summed E-state index contributed by atoms with van der Waals surface area (Å²) in [5.41, 5.74) is 3.64. The van der Waals surface area contributed by atoms with E-state index in [0.29, 0.717) is 23.8 Å². The highest BCUT2D eigenvalue weighted by molar-refractivity contribution is 5.96. The summed E-state index contributed by atoms with van der Waals surface area (Å²) in [6.07, 6.45) is 1.73. The maximum Gasteiger partial charge on any atom is 0.254 e. The van der Waals surface area contributed by atoms with Gasteiger partial charge in [0.05, 0.1) is 7.11 Å². The van der Waals surface area contributed by atoms with Gasteiger partial charge in [0.2, 0.25) is 11.7 Å². The lowest BCUT2D eigenvalue weighted by atomic mass is 10.1. The van der Waals surface area contributed by atoms with Gasteiger partial charge in [0.25, 0.3) is 5.91 Å². The number of rotatable bonds is 4. The molecule has 28 heavy (non-hydrogen) atoms. The second-order valence-electron chi connectivity index (χ2n) is 7.16. The average molecular weight is 377 g/mol. The molecule has 0 bridgehead atoms. The highest BCUT2D eigenvalue weighted by atomic mass is 16.5. The van der Waals surface area contributed by atoms with Crippen molar-refractivity contribution in [2.75, 3.05) is 13.7 Å². The third-order valence-electron chi connectivity index (χ3n) is 5.21. The van der Waals surface area contributed by atoms with Gasteiger partial charge in [0, 0.05) is 17.7 Å². The largest absolute Gasteiger partial charge is 0.497 e. The summed E-state index contributed by atoms with van der Waals surface area (Å²) < 4.78 is 10.8. The Kier molecular flexibility index (Phi) is 4.86. The predicted molar refractivity (Wildman–Crippen MR) is 105 cm³/mol. The van der Waals surface area contributed by atoms with Gasteiger partial charge in [-0.25, -0.2) is 0 Å². The molecule has 1 aliphatic heterocycles. The Hall–Kier alpha value is -3.15. The fraction of sp³-hybridized carbons (Fsp3) is 0.318. The molecule has 0 unspecified atom stereocenters. The van der Waals surface area contributed by atoms with Crippen molar-refractivity contribution in [3.05, 3.63) is 65.0 Å². The van der Waals surface area contributed by atoms with Gasteiger partial charge in [-0.3, -0.25) is 4.79 Å². The predicted octanol–water partition coefficient (Wildman–Crippen LogP) is 4.34. The van der Waals surface area contributed by atoms with Crippen molar-refractivity contribution in [1.29, 1.82) is 0 Å². The molecule has 2 heterocycles. The number of likely N-dealkylation sites (tertiary alicyclic amines) is 1. The van der Waals surface area contributed by atoms with Crippen molar-refractivity contribution >= 4 is 5.91 Å². The second kappa shape index (κ2) is 7.46. The first-order valence-corrected chi connectivity index (χ1v) is 9.43. The topological polar surface area (TPSA) is 68.5 Å². The van der Waals surface area contributed by atoms with Crippen molar-refractivity contribution in [3.8, 4) is 17.1 Å². The van der Waals surface area contributed by atoms with E-state index in [2.05, 4.69) is 10.1 Å². The Morgan fingerprint density at radius 3 is 2.68 bits per heavy atom. The van der Waals surface area contributed by atoms with Gasteiger partial charge in [-0.2, -0.15) is 4.98 Å². The standard InChI is InChI=1S/C22H23N3O3/c1-14-6-8-16(9-7-14)20-23-21(28-24-20)19-5-4-12-25(19)22(26)18-11-10-17(27-3)13-15(18)2/h6-11,13,19H,4-5,12H2,1-3H3/t19-/m1/s1. The van der Waals surface area contributed by atoms with Crippen molar-refractivity contribution in [3.63, 3.8) is 0 Å². The number of aromatic nitrogens is 2. The molecule has 2 aromatic carbocycles. The van der Waals surface area contributed by atoms with Crippen LogP contribution in [0.5, 0.6) is 5.75 Å². The SMILES string of the molecule is COc1ccc(C(=O)N2CCC[C@@H]2c2nc(-c3ccc(C)cc3)no2)c(C)c1. The number of aryl methyl sites for hydroxylation is 2. The third kappa shape index (κ3) is 3.38. The van der Waals surface area contributed by atoms with E-state index in [9.17, 15) is 4.79 Å². The minimum atomic E-state index is -0.194. The smallest absolute Gasteiger partial charge is 0.254 e. The van der Waals surface area contributed by atoms with Crippen LogP contribution in [0.4, 0.5) is 0 Å². The van der Waals surface area contributed by atoms with Crippen LogP contribution in [-0.4, -0.2) is 34.6 Å². The number of nitrogens with zero attached hydrogens (tertiary/aromatic N) is 3. The molecule has 0 saturated carbocycles. The van der Waals surface area contributed by atoms with Crippen molar-refractivity contribution < 1.29 is 14.1 Å². The van der Waals surface area contributed by atoms with E-state index < -0.39 is 0 Å². The molecule has 144 valence electrons. The van der Waals surface area contributed by atoms with Gasteiger partial charge in [-0.1, -0.05) is 35.0 Å². The molecule has 1 atom stereocenters. The lowest BCUT2D eigenvalue weighted by molar-refractivity contribution is 0.0709. The summed E-state index contributed by atoms with van der Waals surface area (Å²) >= 11 is 0. The third-order valence-corrected chi connectivity index (χ3v) is 5.21.